The molecule has 6 nitrogen and oxygen atoms in total. The van der Waals surface area contributed by atoms with Crippen molar-refractivity contribution in [3.8, 4) is 11.5 Å². The average molecular weight is 380 g/mol. The number of hydrogen-bond donors (Lipinski definition) is 0. The second kappa shape index (κ2) is 7.19. The average Bonchev–Trinajstić information content (AvgIpc) is 3.25. The van der Waals surface area contributed by atoms with Crippen molar-refractivity contribution >= 4 is 17.5 Å². The molecular weight excluding hydrogens is 356 g/mol. The van der Waals surface area contributed by atoms with Crippen LogP contribution in [0.5, 0.6) is 11.5 Å². The van der Waals surface area contributed by atoms with Gasteiger partial charge in [0.1, 0.15) is 17.5 Å². The molecule has 2 aromatic rings. The standard InChI is InChI=1S/C22H24N2O4/c1-14-4-7-17(8-5-14)28-13-21(25)23-12-16-11-19(23)22(26)24(16)18-10-15(2)6-9-20(18)27-3/h4-10,16,19H,11-13H2,1-3H3/t16-,19-/m0/s1. The number of aryl methyl sites for hydroxylation is 2. The lowest BCUT2D eigenvalue weighted by Crippen LogP contribution is -2.53. The van der Waals surface area contributed by atoms with Gasteiger partial charge < -0.3 is 19.3 Å². The summed E-state index contributed by atoms with van der Waals surface area (Å²) in [5.41, 5.74) is 2.97. The lowest BCUT2D eigenvalue weighted by molar-refractivity contribution is -0.139. The number of likely N-dealkylation sites (tertiary alicyclic amines) is 1. The van der Waals surface area contributed by atoms with Crippen molar-refractivity contribution < 1.29 is 19.1 Å². The van der Waals surface area contributed by atoms with Crippen LogP contribution in [0, 0.1) is 13.8 Å². The Bertz CT molecular complexity index is 909. The third-order valence-electron chi connectivity index (χ3n) is 5.46. The Morgan fingerprint density at radius 2 is 1.82 bits per heavy atom. The molecule has 2 aliphatic rings. The molecule has 0 unspecified atom stereocenters. The van der Waals surface area contributed by atoms with Crippen LogP contribution in [-0.2, 0) is 9.59 Å². The van der Waals surface area contributed by atoms with E-state index in [1.165, 1.54) is 0 Å². The third kappa shape index (κ3) is 3.19. The number of ether oxygens (including phenoxy) is 2. The van der Waals surface area contributed by atoms with E-state index in [1.807, 2.05) is 56.3 Å². The zero-order valence-corrected chi connectivity index (χ0v) is 16.3. The van der Waals surface area contributed by atoms with Crippen molar-refractivity contribution in [2.24, 2.45) is 0 Å². The molecule has 2 bridgehead atoms. The second-order valence-electron chi connectivity index (χ2n) is 7.44. The molecule has 0 aliphatic carbocycles. The fourth-order valence-corrected chi connectivity index (χ4v) is 4.02. The molecule has 0 spiro atoms. The van der Waals surface area contributed by atoms with Crippen molar-refractivity contribution in [3.63, 3.8) is 0 Å². The van der Waals surface area contributed by atoms with Gasteiger partial charge in [-0.3, -0.25) is 9.59 Å². The molecule has 2 amide bonds. The maximum absolute atomic E-state index is 13.0. The number of methoxy groups -OCH3 is 1. The molecule has 2 aromatic carbocycles. The Morgan fingerprint density at radius 3 is 2.50 bits per heavy atom. The summed E-state index contributed by atoms with van der Waals surface area (Å²) in [6.45, 7) is 4.44. The van der Waals surface area contributed by atoms with E-state index < -0.39 is 6.04 Å². The number of anilines is 1. The molecule has 4 rings (SSSR count). The molecule has 2 saturated heterocycles. The fraction of sp³-hybridized carbons (Fsp3) is 0.364. The molecule has 0 aromatic heterocycles. The molecule has 2 aliphatic heterocycles. The first kappa shape index (κ1) is 18.3. The van der Waals surface area contributed by atoms with Crippen LogP contribution in [0.2, 0.25) is 0 Å². The van der Waals surface area contributed by atoms with Gasteiger partial charge in [0.25, 0.3) is 5.91 Å². The van der Waals surface area contributed by atoms with E-state index in [2.05, 4.69) is 0 Å². The lowest BCUT2D eigenvalue weighted by atomic mass is 10.1. The lowest BCUT2D eigenvalue weighted by Gasteiger charge is -2.34. The van der Waals surface area contributed by atoms with Crippen molar-refractivity contribution in [2.45, 2.75) is 32.4 Å². The maximum atomic E-state index is 13.0. The number of carbonyl (C=O) groups excluding carboxylic acids is 2. The number of hydrogen-bond acceptors (Lipinski definition) is 4. The van der Waals surface area contributed by atoms with Gasteiger partial charge in [0.05, 0.1) is 18.8 Å². The maximum Gasteiger partial charge on any atom is 0.261 e. The Kier molecular flexibility index (Phi) is 4.71. The molecule has 146 valence electrons. The van der Waals surface area contributed by atoms with Crippen LogP contribution in [0.15, 0.2) is 42.5 Å². The molecule has 2 atom stereocenters. The van der Waals surface area contributed by atoms with Gasteiger partial charge in [0.15, 0.2) is 6.61 Å². The van der Waals surface area contributed by atoms with Gasteiger partial charge in [-0.25, -0.2) is 0 Å². The van der Waals surface area contributed by atoms with Crippen molar-refractivity contribution in [2.75, 3.05) is 25.2 Å². The summed E-state index contributed by atoms with van der Waals surface area (Å²) >= 11 is 0. The van der Waals surface area contributed by atoms with Gasteiger partial charge in [0.2, 0.25) is 5.91 Å². The number of fused-ring (bicyclic) bond motifs is 2. The van der Waals surface area contributed by atoms with E-state index in [0.717, 1.165) is 16.8 Å². The normalized spacial score (nSPS) is 20.6. The highest BCUT2D eigenvalue weighted by Crippen LogP contribution is 2.40. The topological polar surface area (TPSA) is 59.1 Å². The zero-order chi connectivity index (χ0) is 19.8. The summed E-state index contributed by atoms with van der Waals surface area (Å²) in [7, 11) is 1.60. The van der Waals surface area contributed by atoms with Crippen molar-refractivity contribution in [3.05, 3.63) is 53.6 Å². The Morgan fingerprint density at radius 1 is 1.11 bits per heavy atom. The number of piperazine rings is 1. The number of carbonyl (C=O) groups is 2. The first-order valence-electron chi connectivity index (χ1n) is 9.44. The van der Waals surface area contributed by atoms with E-state index in [4.69, 9.17) is 9.47 Å². The molecule has 28 heavy (non-hydrogen) atoms. The smallest absolute Gasteiger partial charge is 0.261 e. The molecule has 2 heterocycles. The van der Waals surface area contributed by atoms with Crippen LogP contribution in [0.3, 0.4) is 0 Å². The number of amides is 2. The minimum atomic E-state index is -0.427. The fourth-order valence-electron chi connectivity index (χ4n) is 4.02. The number of nitrogens with zero attached hydrogens (tertiary/aromatic N) is 2. The monoisotopic (exact) mass is 380 g/mol. The third-order valence-corrected chi connectivity index (χ3v) is 5.46. The molecule has 6 heteroatoms. The molecular formula is C22H24N2O4. The first-order valence-corrected chi connectivity index (χ1v) is 9.44. The van der Waals surface area contributed by atoms with Crippen molar-refractivity contribution in [1.82, 2.24) is 4.90 Å². The number of benzene rings is 2. The Balaban J connectivity index is 1.45. The van der Waals surface area contributed by atoms with Gasteiger partial charge in [-0.1, -0.05) is 23.8 Å². The van der Waals surface area contributed by atoms with Crippen LogP contribution in [0.4, 0.5) is 5.69 Å². The summed E-state index contributed by atoms with van der Waals surface area (Å²) in [4.78, 5) is 29.1. The largest absolute Gasteiger partial charge is 0.495 e. The molecule has 0 saturated carbocycles. The van der Waals surface area contributed by atoms with Crippen LogP contribution in [0.25, 0.3) is 0 Å². The Labute approximate surface area is 164 Å². The highest BCUT2D eigenvalue weighted by atomic mass is 16.5. The molecule has 2 fully saturated rings. The zero-order valence-electron chi connectivity index (χ0n) is 16.3. The van der Waals surface area contributed by atoms with Crippen LogP contribution in [0.1, 0.15) is 17.5 Å². The van der Waals surface area contributed by atoms with E-state index in [9.17, 15) is 9.59 Å². The summed E-state index contributed by atoms with van der Waals surface area (Å²) in [5.74, 6) is 1.12. The summed E-state index contributed by atoms with van der Waals surface area (Å²) in [6.07, 6.45) is 0.645. The minimum absolute atomic E-state index is 0.0310. The van der Waals surface area contributed by atoms with Crippen LogP contribution < -0.4 is 14.4 Å². The predicted molar refractivity (Wildman–Crippen MR) is 106 cm³/mol. The van der Waals surface area contributed by atoms with Gasteiger partial charge in [-0.15, -0.1) is 0 Å². The van der Waals surface area contributed by atoms with E-state index in [1.54, 1.807) is 16.9 Å². The van der Waals surface area contributed by atoms with E-state index >= 15 is 0 Å². The SMILES string of the molecule is COc1ccc(C)cc1N1C(=O)[C@@H]2C[C@H]1CN2C(=O)COc1ccc(C)cc1. The summed E-state index contributed by atoms with van der Waals surface area (Å²) in [5, 5.41) is 0. The van der Waals surface area contributed by atoms with Crippen LogP contribution in [-0.4, -0.2) is 49.1 Å². The van der Waals surface area contributed by atoms with Gasteiger partial charge in [0, 0.05) is 6.54 Å². The Hall–Kier alpha value is -3.02. The van der Waals surface area contributed by atoms with E-state index in [0.29, 0.717) is 24.5 Å². The van der Waals surface area contributed by atoms with Gasteiger partial charge in [-0.05, 0) is 50.1 Å². The first-order chi connectivity index (χ1) is 13.5. The summed E-state index contributed by atoms with van der Waals surface area (Å²) in [6, 6.07) is 12.9. The number of rotatable bonds is 5. The van der Waals surface area contributed by atoms with Gasteiger partial charge >= 0.3 is 0 Å². The van der Waals surface area contributed by atoms with Crippen molar-refractivity contribution in [1.29, 1.82) is 0 Å². The minimum Gasteiger partial charge on any atom is -0.495 e. The van der Waals surface area contributed by atoms with E-state index in [-0.39, 0.29) is 24.5 Å². The quantitative estimate of drug-likeness (QED) is 0.800. The predicted octanol–water partition coefficient (Wildman–Crippen LogP) is 2.71. The molecule has 0 N–H and O–H groups in total. The highest BCUT2D eigenvalue weighted by Gasteiger charge is 2.52. The van der Waals surface area contributed by atoms with Crippen LogP contribution >= 0.6 is 0 Å². The highest BCUT2D eigenvalue weighted by molar-refractivity contribution is 6.04. The second-order valence-corrected chi connectivity index (χ2v) is 7.44. The summed E-state index contributed by atoms with van der Waals surface area (Å²) < 4.78 is 11.1. The molecule has 0 radical (unpaired) electrons. The van der Waals surface area contributed by atoms with Gasteiger partial charge in [-0.2, -0.15) is 0 Å².